The number of nitro groups is 1. The Labute approximate surface area is 91.5 Å². The van der Waals surface area contributed by atoms with Gasteiger partial charge in [-0.25, -0.2) is 4.98 Å². The summed E-state index contributed by atoms with van der Waals surface area (Å²) in [5.74, 6) is 0. The normalized spacial score (nSPS) is 10.3. The monoisotopic (exact) mass is 218 g/mol. The van der Waals surface area contributed by atoms with Crippen molar-refractivity contribution < 1.29 is 4.92 Å². The van der Waals surface area contributed by atoms with Crippen LogP contribution in [0.3, 0.4) is 0 Å². The first-order chi connectivity index (χ1) is 7.61. The minimum Gasteiger partial charge on any atom is -0.393 e. The standard InChI is InChI=1S/C10H10N4O2/c1-7-8(13-5-4-12-6-13)2-3-9(10(7)11)14(15)16/h2-6H,11H2,1H3. The van der Waals surface area contributed by atoms with Gasteiger partial charge in [-0.05, 0) is 13.0 Å². The molecule has 0 aliphatic rings. The van der Waals surface area contributed by atoms with E-state index in [-0.39, 0.29) is 11.4 Å². The third-order valence-electron chi connectivity index (χ3n) is 2.44. The Balaban J connectivity index is 2.60. The van der Waals surface area contributed by atoms with Crippen LogP contribution in [0.5, 0.6) is 0 Å². The van der Waals surface area contributed by atoms with Crippen LogP contribution in [-0.4, -0.2) is 14.5 Å². The average Bonchev–Trinajstić information content (AvgIpc) is 2.74. The van der Waals surface area contributed by atoms with E-state index in [9.17, 15) is 10.1 Å². The van der Waals surface area contributed by atoms with Gasteiger partial charge < -0.3 is 10.3 Å². The second-order valence-corrected chi connectivity index (χ2v) is 3.37. The van der Waals surface area contributed by atoms with E-state index in [0.29, 0.717) is 5.56 Å². The molecule has 0 saturated carbocycles. The summed E-state index contributed by atoms with van der Waals surface area (Å²) in [5, 5.41) is 10.7. The molecule has 1 aromatic carbocycles. The van der Waals surface area contributed by atoms with Crippen molar-refractivity contribution in [2.75, 3.05) is 5.73 Å². The number of aromatic nitrogens is 2. The van der Waals surface area contributed by atoms with E-state index in [1.54, 1.807) is 36.3 Å². The van der Waals surface area contributed by atoms with Crippen molar-refractivity contribution in [3.05, 3.63) is 46.5 Å². The van der Waals surface area contributed by atoms with Gasteiger partial charge in [0.15, 0.2) is 0 Å². The molecule has 0 amide bonds. The van der Waals surface area contributed by atoms with Crippen molar-refractivity contribution in [1.82, 2.24) is 9.55 Å². The third kappa shape index (κ3) is 1.50. The molecule has 0 aliphatic heterocycles. The molecule has 0 atom stereocenters. The molecule has 0 saturated heterocycles. The number of imidazole rings is 1. The molecule has 16 heavy (non-hydrogen) atoms. The summed E-state index contributed by atoms with van der Waals surface area (Å²) >= 11 is 0. The van der Waals surface area contributed by atoms with Gasteiger partial charge >= 0.3 is 0 Å². The summed E-state index contributed by atoms with van der Waals surface area (Å²) in [7, 11) is 0. The van der Waals surface area contributed by atoms with E-state index < -0.39 is 4.92 Å². The molecule has 1 aromatic heterocycles. The lowest BCUT2D eigenvalue weighted by Crippen LogP contribution is -2.02. The van der Waals surface area contributed by atoms with E-state index in [4.69, 9.17) is 5.73 Å². The van der Waals surface area contributed by atoms with Gasteiger partial charge in [-0.1, -0.05) is 0 Å². The summed E-state index contributed by atoms with van der Waals surface area (Å²) in [4.78, 5) is 14.1. The quantitative estimate of drug-likeness (QED) is 0.472. The van der Waals surface area contributed by atoms with Crippen LogP contribution in [0.2, 0.25) is 0 Å². The fourth-order valence-electron chi connectivity index (χ4n) is 1.54. The Bertz CT molecular complexity index is 534. The highest BCUT2D eigenvalue weighted by molar-refractivity contribution is 5.68. The van der Waals surface area contributed by atoms with Gasteiger partial charge in [-0.3, -0.25) is 10.1 Å². The van der Waals surface area contributed by atoms with Crippen LogP contribution in [0, 0.1) is 17.0 Å². The van der Waals surface area contributed by atoms with Gasteiger partial charge in [-0.15, -0.1) is 0 Å². The Kier molecular flexibility index (Phi) is 2.32. The molecule has 6 nitrogen and oxygen atoms in total. The molecule has 82 valence electrons. The highest BCUT2D eigenvalue weighted by Crippen LogP contribution is 2.29. The first-order valence-electron chi connectivity index (χ1n) is 4.63. The maximum Gasteiger partial charge on any atom is 0.292 e. The fraction of sp³-hybridized carbons (Fsp3) is 0.100. The third-order valence-corrected chi connectivity index (χ3v) is 2.44. The SMILES string of the molecule is Cc1c(-n2ccnc2)ccc([N+](=O)[O-])c1N. The molecule has 2 aromatic rings. The second kappa shape index (κ2) is 3.65. The lowest BCUT2D eigenvalue weighted by Gasteiger charge is -2.08. The van der Waals surface area contributed by atoms with Crippen molar-refractivity contribution in [2.45, 2.75) is 6.92 Å². The predicted octanol–water partition coefficient (Wildman–Crippen LogP) is 1.67. The van der Waals surface area contributed by atoms with Gasteiger partial charge in [0.05, 0.1) is 16.9 Å². The molecule has 0 bridgehead atoms. The maximum absolute atomic E-state index is 10.7. The number of benzene rings is 1. The van der Waals surface area contributed by atoms with E-state index in [1.807, 2.05) is 0 Å². The van der Waals surface area contributed by atoms with Crippen LogP contribution in [0.4, 0.5) is 11.4 Å². The van der Waals surface area contributed by atoms with Gasteiger partial charge in [0, 0.05) is 24.0 Å². The molecule has 0 unspecified atom stereocenters. The molecule has 1 heterocycles. The minimum atomic E-state index is -0.486. The van der Waals surface area contributed by atoms with E-state index in [2.05, 4.69) is 4.98 Å². The number of nitrogens with two attached hydrogens (primary N) is 1. The number of rotatable bonds is 2. The maximum atomic E-state index is 10.7. The summed E-state index contributed by atoms with van der Waals surface area (Å²) in [5.41, 5.74) is 7.30. The zero-order chi connectivity index (χ0) is 11.7. The van der Waals surface area contributed by atoms with Crippen LogP contribution in [-0.2, 0) is 0 Å². The number of anilines is 1. The lowest BCUT2D eigenvalue weighted by molar-refractivity contribution is -0.383. The van der Waals surface area contributed by atoms with Gasteiger partial charge in [-0.2, -0.15) is 0 Å². The van der Waals surface area contributed by atoms with Crippen LogP contribution in [0.25, 0.3) is 5.69 Å². The van der Waals surface area contributed by atoms with E-state index >= 15 is 0 Å². The number of nitro benzene ring substituents is 1. The molecule has 2 N–H and O–H groups in total. The van der Waals surface area contributed by atoms with Crippen molar-refractivity contribution in [2.24, 2.45) is 0 Å². The van der Waals surface area contributed by atoms with Crippen molar-refractivity contribution in [3.63, 3.8) is 0 Å². The van der Waals surface area contributed by atoms with Crippen molar-refractivity contribution in [1.29, 1.82) is 0 Å². The van der Waals surface area contributed by atoms with Gasteiger partial charge in [0.25, 0.3) is 5.69 Å². The summed E-state index contributed by atoms with van der Waals surface area (Å²) in [6.07, 6.45) is 5.01. The molecular formula is C10H10N4O2. The van der Waals surface area contributed by atoms with Crippen LogP contribution in [0.15, 0.2) is 30.9 Å². The summed E-state index contributed by atoms with van der Waals surface area (Å²) in [6.45, 7) is 1.75. The van der Waals surface area contributed by atoms with Crippen LogP contribution < -0.4 is 5.73 Å². The van der Waals surface area contributed by atoms with Crippen molar-refractivity contribution >= 4 is 11.4 Å². The summed E-state index contributed by atoms with van der Waals surface area (Å²) < 4.78 is 1.76. The highest BCUT2D eigenvalue weighted by atomic mass is 16.6. The topological polar surface area (TPSA) is 87.0 Å². The molecule has 0 radical (unpaired) electrons. The molecule has 0 aliphatic carbocycles. The Hall–Kier alpha value is -2.37. The molecule has 2 rings (SSSR count). The Morgan fingerprint density at radius 3 is 2.81 bits per heavy atom. The minimum absolute atomic E-state index is 0.0682. The number of nitrogens with zero attached hydrogens (tertiary/aromatic N) is 3. The summed E-state index contributed by atoms with van der Waals surface area (Å²) in [6, 6.07) is 3.06. The second-order valence-electron chi connectivity index (χ2n) is 3.37. The zero-order valence-electron chi connectivity index (χ0n) is 8.62. The van der Waals surface area contributed by atoms with Gasteiger partial charge in [0.1, 0.15) is 5.69 Å². The molecule has 0 spiro atoms. The lowest BCUT2D eigenvalue weighted by atomic mass is 10.1. The molecule has 0 fully saturated rings. The average molecular weight is 218 g/mol. The Morgan fingerprint density at radius 2 is 2.25 bits per heavy atom. The van der Waals surface area contributed by atoms with E-state index in [1.165, 1.54) is 6.07 Å². The van der Waals surface area contributed by atoms with Crippen molar-refractivity contribution in [3.8, 4) is 5.69 Å². The van der Waals surface area contributed by atoms with Crippen LogP contribution in [0.1, 0.15) is 5.56 Å². The number of hydrogen-bond donors (Lipinski definition) is 1. The molecule has 6 heteroatoms. The highest BCUT2D eigenvalue weighted by Gasteiger charge is 2.15. The van der Waals surface area contributed by atoms with Crippen LogP contribution >= 0.6 is 0 Å². The first-order valence-corrected chi connectivity index (χ1v) is 4.63. The first kappa shape index (κ1) is 10.2. The largest absolute Gasteiger partial charge is 0.393 e. The fourth-order valence-corrected chi connectivity index (χ4v) is 1.54. The van der Waals surface area contributed by atoms with E-state index in [0.717, 1.165) is 5.69 Å². The zero-order valence-corrected chi connectivity index (χ0v) is 8.62. The number of nitrogen functional groups attached to an aromatic ring is 1. The number of hydrogen-bond acceptors (Lipinski definition) is 4. The Morgan fingerprint density at radius 1 is 1.50 bits per heavy atom. The predicted molar refractivity (Wildman–Crippen MR) is 59.4 cm³/mol. The molecular weight excluding hydrogens is 208 g/mol. The smallest absolute Gasteiger partial charge is 0.292 e. The van der Waals surface area contributed by atoms with Gasteiger partial charge in [0.2, 0.25) is 0 Å².